The lowest BCUT2D eigenvalue weighted by Crippen LogP contribution is -2.34. The summed E-state index contributed by atoms with van der Waals surface area (Å²) in [7, 11) is 0. The minimum atomic E-state index is 0.570. The lowest BCUT2D eigenvalue weighted by atomic mass is 9.91. The summed E-state index contributed by atoms with van der Waals surface area (Å²) in [6, 6.07) is 8.40. The van der Waals surface area contributed by atoms with E-state index in [-0.39, 0.29) is 0 Å². The highest BCUT2D eigenvalue weighted by molar-refractivity contribution is 5.33. The van der Waals surface area contributed by atoms with Crippen molar-refractivity contribution < 1.29 is 4.74 Å². The van der Waals surface area contributed by atoms with Gasteiger partial charge in [0.05, 0.1) is 12.8 Å². The van der Waals surface area contributed by atoms with Crippen molar-refractivity contribution in [1.29, 1.82) is 0 Å². The minimum absolute atomic E-state index is 0.570. The molecule has 1 aliphatic heterocycles. The molecule has 1 atom stereocenters. The maximum Gasteiger partial charge on any atom is 0.123 e. The third kappa shape index (κ3) is 3.75. The van der Waals surface area contributed by atoms with Gasteiger partial charge in [0.15, 0.2) is 0 Å². The van der Waals surface area contributed by atoms with Gasteiger partial charge in [-0.1, -0.05) is 25.1 Å². The molecule has 0 saturated carbocycles. The van der Waals surface area contributed by atoms with Gasteiger partial charge in [0, 0.05) is 30.3 Å². The first-order valence-electron chi connectivity index (χ1n) is 8.77. The summed E-state index contributed by atoms with van der Waals surface area (Å²) >= 11 is 0. The monoisotopic (exact) mass is 313 g/mol. The Morgan fingerprint density at radius 1 is 1.26 bits per heavy atom. The Balaban J connectivity index is 1.70. The average Bonchev–Trinajstić information content (AvgIpc) is 3.06. The van der Waals surface area contributed by atoms with Gasteiger partial charge in [0.1, 0.15) is 5.75 Å². The fourth-order valence-corrected chi connectivity index (χ4v) is 3.56. The predicted molar refractivity (Wildman–Crippen MR) is 92.8 cm³/mol. The summed E-state index contributed by atoms with van der Waals surface area (Å²) in [5.74, 6) is 1.59. The van der Waals surface area contributed by atoms with Gasteiger partial charge in [-0.05, 0) is 44.4 Å². The molecular weight excluding hydrogens is 286 g/mol. The first-order chi connectivity index (χ1) is 11.3. The highest BCUT2D eigenvalue weighted by atomic mass is 16.5. The van der Waals surface area contributed by atoms with Crippen LogP contribution in [0.25, 0.3) is 0 Å². The van der Waals surface area contributed by atoms with E-state index in [1.54, 1.807) is 0 Å². The number of aryl methyl sites for hydroxylation is 1. The number of H-pyrrole nitrogens is 1. The van der Waals surface area contributed by atoms with Gasteiger partial charge in [-0.15, -0.1) is 0 Å². The van der Waals surface area contributed by atoms with Gasteiger partial charge in [0.25, 0.3) is 0 Å². The van der Waals surface area contributed by atoms with Crippen LogP contribution in [0.5, 0.6) is 5.75 Å². The normalized spacial score (nSPS) is 19.0. The van der Waals surface area contributed by atoms with Gasteiger partial charge in [-0.3, -0.25) is 10.00 Å². The van der Waals surface area contributed by atoms with Crippen LogP contribution in [0.15, 0.2) is 30.5 Å². The number of nitrogens with zero attached hydrogens (tertiary/aromatic N) is 2. The lowest BCUT2D eigenvalue weighted by molar-refractivity contribution is 0.195. The van der Waals surface area contributed by atoms with E-state index in [0.29, 0.717) is 12.5 Å². The Hall–Kier alpha value is -1.81. The van der Waals surface area contributed by atoms with Crippen molar-refractivity contribution in [2.24, 2.45) is 0 Å². The quantitative estimate of drug-likeness (QED) is 0.883. The number of para-hydroxylation sites is 1. The smallest absolute Gasteiger partial charge is 0.123 e. The van der Waals surface area contributed by atoms with E-state index in [1.165, 1.54) is 29.7 Å². The second-order valence-electron chi connectivity index (χ2n) is 6.28. The molecule has 23 heavy (non-hydrogen) atoms. The lowest BCUT2D eigenvalue weighted by Gasteiger charge is -2.33. The van der Waals surface area contributed by atoms with Crippen LogP contribution >= 0.6 is 0 Å². The highest BCUT2D eigenvalue weighted by Gasteiger charge is 2.24. The Morgan fingerprint density at radius 3 is 2.96 bits per heavy atom. The molecule has 1 N–H and O–H groups in total. The second kappa shape index (κ2) is 7.64. The minimum Gasteiger partial charge on any atom is -0.494 e. The largest absolute Gasteiger partial charge is 0.494 e. The van der Waals surface area contributed by atoms with Crippen LogP contribution in [0.3, 0.4) is 0 Å². The molecule has 3 rings (SSSR count). The number of ether oxygens (including phenoxy) is 1. The van der Waals surface area contributed by atoms with Crippen LogP contribution < -0.4 is 4.74 Å². The van der Waals surface area contributed by atoms with Crippen molar-refractivity contribution in [2.45, 2.75) is 45.6 Å². The summed E-state index contributed by atoms with van der Waals surface area (Å²) in [5.41, 5.74) is 4.00. The van der Waals surface area contributed by atoms with Crippen molar-refractivity contribution in [3.05, 3.63) is 47.3 Å². The molecule has 1 aliphatic rings. The van der Waals surface area contributed by atoms with Crippen LogP contribution in [-0.2, 0) is 13.0 Å². The number of likely N-dealkylation sites (tertiary alicyclic amines) is 1. The topological polar surface area (TPSA) is 41.1 Å². The van der Waals surface area contributed by atoms with E-state index < -0.39 is 0 Å². The molecular formula is C19H27N3O. The van der Waals surface area contributed by atoms with E-state index in [2.05, 4.69) is 40.2 Å². The molecule has 1 saturated heterocycles. The molecule has 1 aromatic carbocycles. The standard InChI is InChI=1S/C19H27N3O/c1-3-15-12-20-21-19(15)17-9-7-11-22(14-17)13-16-8-5-6-10-18(16)23-4-2/h5-6,8,10,12,17H,3-4,7,9,11,13-14H2,1-2H3,(H,20,21)/t17-/m0/s1. The van der Waals surface area contributed by atoms with Crippen LogP contribution in [0, 0.1) is 0 Å². The zero-order chi connectivity index (χ0) is 16.1. The molecule has 2 heterocycles. The van der Waals surface area contributed by atoms with Gasteiger partial charge >= 0.3 is 0 Å². The van der Waals surface area contributed by atoms with Crippen molar-refractivity contribution in [2.75, 3.05) is 19.7 Å². The van der Waals surface area contributed by atoms with E-state index in [9.17, 15) is 0 Å². The first kappa shape index (κ1) is 16.1. The molecule has 4 nitrogen and oxygen atoms in total. The van der Waals surface area contributed by atoms with Crippen LogP contribution in [0.1, 0.15) is 49.4 Å². The fraction of sp³-hybridized carbons (Fsp3) is 0.526. The summed E-state index contributed by atoms with van der Waals surface area (Å²) < 4.78 is 5.77. The molecule has 0 amide bonds. The summed E-state index contributed by atoms with van der Waals surface area (Å²) in [6.07, 6.45) is 5.52. The molecule has 0 unspecified atom stereocenters. The Morgan fingerprint density at radius 2 is 2.13 bits per heavy atom. The molecule has 0 bridgehead atoms. The number of piperidine rings is 1. The third-order valence-corrected chi connectivity index (χ3v) is 4.71. The van der Waals surface area contributed by atoms with Crippen molar-refractivity contribution in [1.82, 2.24) is 15.1 Å². The fourth-order valence-electron chi connectivity index (χ4n) is 3.56. The average molecular weight is 313 g/mol. The number of hydrogen-bond acceptors (Lipinski definition) is 3. The Kier molecular flexibility index (Phi) is 5.34. The van der Waals surface area contributed by atoms with Gasteiger partial charge in [-0.2, -0.15) is 5.10 Å². The van der Waals surface area contributed by atoms with E-state index >= 15 is 0 Å². The van der Waals surface area contributed by atoms with Crippen LogP contribution in [0.4, 0.5) is 0 Å². The van der Waals surface area contributed by atoms with Crippen molar-refractivity contribution in [3.63, 3.8) is 0 Å². The number of hydrogen-bond donors (Lipinski definition) is 1. The van der Waals surface area contributed by atoms with E-state index in [1.807, 2.05) is 19.2 Å². The maximum absolute atomic E-state index is 5.77. The zero-order valence-corrected chi connectivity index (χ0v) is 14.2. The molecule has 2 aromatic rings. The maximum atomic E-state index is 5.77. The molecule has 1 aromatic heterocycles. The number of benzene rings is 1. The Bertz CT molecular complexity index is 623. The number of rotatable bonds is 6. The molecule has 1 fully saturated rings. The van der Waals surface area contributed by atoms with E-state index in [0.717, 1.165) is 31.8 Å². The second-order valence-corrected chi connectivity index (χ2v) is 6.28. The van der Waals surface area contributed by atoms with Crippen molar-refractivity contribution in [3.8, 4) is 5.75 Å². The highest BCUT2D eigenvalue weighted by Crippen LogP contribution is 2.30. The number of nitrogens with one attached hydrogen (secondary N) is 1. The van der Waals surface area contributed by atoms with Crippen molar-refractivity contribution >= 4 is 0 Å². The SMILES string of the molecule is CCOc1ccccc1CN1CCC[C@H](c2[nH]ncc2CC)C1. The molecule has 124 valence electrons. The predicted octanol–water partition coefficient (Wildman–Crippen LogP) is 3.75. The number of aromatic amines is 1. The molecule has 0 aliphatic carbocycles. The summed E-state index contributed by atoms with van der Waals surface area (Å²) in [6.45, 7) is 8.17. The van der Waals surface area contributed by atoms with Gasteiger partial charge < -0.3 is 4.74 Å². The third-order valence-electron chi connectivity index (χ3n) is 4.71. The van der Waals surface area contributed by atoms with Crippen LogP contribution in [0.2, 0.25) is 0 Å². The Labute approximate surface area is 138 Å². The summed E-state index contributed by atoms with van der Waals surface area (Å²) in [4.78, 5) is 2.55. The van der Waals surface area contributed by atoms with Gasteiger partial charge in [0.2, 0.25) is 0 Å². The van der Waals surface area contributed by atoms with Crippen LogP contribution in [-0.4, -0.2) is 34.8 Å². The van der Waals surface area contributed by atoms with E-state index in [4.69, 9.17) is 4.74 Å². The number of aromatic nitrogens is 2. The zero-order valence-electron chi connectivity index (χ0n) is 14.2. The van der Waals surface area contributed by atoms with Gasteiger partial charge in [-0.25, -0.2) is 0 Å². The molecule has 0 radical (unpaired) electrons. The molecule has 4 heteroatoms. The first-order valence-corrected chi connectivity index (χ1v) is 8.77. The molecule has 0 spiro atoms. The summed E-state index contributed by atoms with van der Waals surface area (Å²) in [5, 5.41) is 7.49.